The van der Waals surface area contributed by atoms with Crippen molar-refractivity contribution < 1.29 is 9.59 Å². The first-order valence-electron chi connectivity index (χ1n) is 8.14. The van der Waals surface area contributed by atoms with Crippen molar-refractivity contribution in [3.8, 4) is 0 Å². The lowest BCUT2D eigenvalue weighted by Crippen LogP contribution is -2.52. The summed E-state index contributed by atoms with van der Waals surface area (Å²) in [4.78, 5) is 26.1. The van der Waals surface area contributed by atoms with Gasteiger partial charge in [-0.05, 0) is 31.2 Å². The summed E-state index contributed by atoms with van der Waals surface area (Å²) in [6, 6.07) is 8.91. The number of benzene rings is 1. The minimum absolute atomic E-state index is 0.0499. The standard InChI is InChI=1S/C18H26N2O2/c1-3-13(2)15-9-10-20(16(11-15)18(19)22)12-17(21)14-7-5-4-6-8-14/h4-8,13,15-16H,3,9-12H2,1-2H3,(H2,19,22)/t13-,15?,16?/m0/s1. The average Bonchev–Trinajstić information content (AvgIpc) is 2.55. The Bertz CT molecular complexity index is 515. The molecule has 4 heteroatoms. The fraction of sp³-hybridized carbons (Fsp3) is 0.556. The molecule has 2 rings (SSSR count). The molecule has 0 aliphatic carbocycles. The summed E-state index contributed by atoms with van der Waals surface area (Å²) in [7, 11) is 0. The van der Waals surface area contributed by atoms with Crippen LogP contribution in [0.3, 0.4) is 0 Å². The van der Waals surface area contributed by atoms with Crippen LogP contribution >= 0.6 is 0 Å². The number of carbonyl (C=O) groups excluding carboxylic acids is 2. The molecule has 2 N–H and O–H groups in total. The number of likely N-dealkylation sites (tertiary alicyclic amines) is 1. The number of ketones is 1. The lowest BCUT2D eigenvalue weighted by atomic mass is 9.80. The Labute approximate surface area is 132 Å². The summed E-state index contributed by atoms with van der Waals surface area (Å²) >= 11 is 0. The van der Waals surface area contributed by atoms with Gasteiger partial charge in [-0.15, -0.1) is 0 Å². The molecule has 1 amide bonds. The molecule has 0 spiro atoms. The Morgan fingerprint density at radius 1 is 1.32 bits per heavy atom. The third kappa shape index (κ3) is 3.95. The largest absolute Gasteiger partial charge is 0.368 e. The first kappa shape index (κ1) is 16.7. The van der Waals surface area contributed by atoms with Gasteiger partial charge in [0, 0.05) is 5.56 Å². The Kier molecular flexibility index (Phi) is 5.72. The van der Waals surface area contributed by atoms with Crippen LogP contribution < -0.4 is 5.73 Å². The van der Waals surface area contributed by atoms with E-state index < -0.39 is 0 Å². The van der Waals surface area contributed by atoms with E-state index in [0.717, 1.165) is 25.8 Å². The number of hydrogen-bond acceptors (Lipinski definition) is 3. The summed E-state index contributed by atoms with van der Waals surface area (Å²) in [6.07, 6.45) is 2.91. The van der Waals surface area contributed by atoms with E-state index in [1.807, 2.05) is 35.2 Å². The van der Waals surface area contributed by atoms with Crippen LogP contribution in [0.1, 0.15) is 43.5 Å². The van der Waals surface area contributed by atoms with Crippen molar-refractivity contribution >= 4 is 11.7 Å². The van der Waals surface area contributed by atoms with E-state index in [9.17, 15) is 9.59 Å². The quantitative estimate of drug-likeness (QED) is 0.821. The van der Waals surface area contributed by atoms with E-state index in [0.29, 0.717) is 17.4 Å². The van der Waals surface area contributed by atoms with Gasteiger partial charge in [0.25, 0.3) is 0 Å². The maximum Gasteiger partial charge on any atom is 0.234 e. The molecule has 0 aromatic heterocycles. The van der Waals surface area contributed by atoms with Crippen LogP contribution in [0.4, 0.5) is 0 Å². The van der Waals surface area contributed by atoms with E-state index in [4.69, 9.17) is 5.73 Å². The van der Waals surface area contributed by atoms with Crippen molar-refractivity contribution in [2.75, 3.05) is 13.1 Å². The van der Waals surface area contributed by atoms with E-state index >= 15 is 0 Å². The molecule has 3 atom stereocenters. The zero-order valence-electron chi connectivity index (χ0n) is 13.5. The van der Waals surface area contributed by atoms with Gasteiger partial charge in [-0.25, -0.2) is 0 Å². The molecule has 1 aliphatic rings. The number of rotatable bonds is 6. The lowest BCUT2D eigenvalue weighted by Gasteiger charge is -2.39. The molecular weight excluding hydrogens is 276 g/mol. The summed E-state index contributed by atoms with van der Waals surface area (Å²) < 4.78 is 0. The molecule has 4 nitrogen and oxygen atoms in total. The SMILES string of the molecule is CC[C@H](C)C1CCN(CC(=O)c2ccccc2)C(C(N)=O)C1. The molecule has 1 aliphatic heterocycles. The summed E-state index contributed by atoms with van der Waals surface area (Å²) in [5.74, 6) is 0.849. The Balaban J connectivity index is 2.04. The highest BCUT2D eigenvalue weighted by Gasteiger charge is 2.34. The first-order valence-corrected chi connectivity index (χ1v) is 8.14. The second-order valence-electron chi connectivity index (χ2n) is 6.35. The molecule has 1 aromatic rings. The Morgan fingerprint density at radius 3 is 2.59 bits per heavy atom. The van der Waals surface area contributed by atoms with Crippen LogP contribution in [0, 0.1) is 11.8 Å². The number of nitrogens with zero attached hydrogens (tertiary/aromatic N) is 1. The third-order valence-corrected chi connectivity index (χ3v) is 4.97. The van der Waals surface area contributed by atoms with E-state index in [-0.39, 0.29) is 24.3 Å². The molecule has 1 aromatic carbocycles. The van der Waals surface area contributed by atoms with E-state index in [1.165, 1.54) is 0 Å². The van der Waals surface area contributed by atoms with Gasteiger partial charge in [0.1, 0.15) is 0 Å². The molecule has 0 saturated carbocycles. The van der Waals surface area contributed by atoms with Crippen molar-refractivity contribution in [1.29, 1.82) is 0 Å². The van der Waals surface area contributed by atoms with Crippen molar-refractivity contribution in [3.63, 3.8) is 0 Å². The summed E-state index contributed by atoms with van der Waals surface area (Å²) in [6.45, 7) is 5.44. The minimum Gasteiger partial charge on any atom is -0.368 e. The van der Waals surface area contributed by atoms with Gasteiger partial charge in [-0.2, -0.15) is 0 Å². The smallest absolute Gasteiger partial charge is 0.234 e. The molecule has 1 fully saturated rings. The van der Waals surface area contributed by atoms with Gasteiger partial charge in [0.2, 0.25) is 5.91 Å². The van der Waals surface area contributed by atoms with Crippen molar-refractivity contribution in [2.24, 2.45) is 17.6 Å². The predicted molar refractivity (Wildman–Crippen MR) is 87.5 cm³/mol. The molecular formula is C18H26N2O2. The zero-order chi connectivity index (χ0) is 16.1. The van der Waals surface area contributed by atoms with Gasteiger partial charge in [0.05, 0.1) is 12.6 Å². The highest BCUT2D eigenvalue weighted by molar-refractivity contribution is 5.98. The van der Waals surface area contributed by atoms with Crippen molar-refractivity contribution in [2.45, 2.75) is 39.2 Å². The number of carbonyl (C=O) groups is 2. The molecule has 22 heavy (non-hydrogen) atoms. The van der Waals surface area contributed by atoms with E-state index in [2.05, 4.69) is 13.8 Å². The molecule has 1 heterocycles. The minimum atomic E-state index is -0.319. The van der Waals surface area contributed by atoms with Crippen molar-refractivity contribution in [3.05, 3.63) is 35.9 Å². The van der Waals surface area contributed by atoms with Gasteiger partial charge >= 0.3 is 0 Å². The van der Waals surface area contributed by atoms with Gasteiger partial charge in [-0.1, -0.05) is 50.6 Å². The Morgan fingerprint density at radius 2 is 2.00 bits per heavy atom. The zero-order valence-corrected chi connectivity index (χ0v) is 13.5. The lowest BCUT2D eigenvalue weighted by molar-refractivity contribution is -0.125. The molecule has 1 saturated heterocycles. The summed E-state index contributed by atoms with van der Waals surface area (Å²) in [5, 5.41) is 0. The monoisotopic (exact) mass is 302 g/mol. The van der Waals surface area contributed by atoms with Crippen LogP contribution in [0.25, 0.3) is 0 Å². The average molecular weight is 302 g/mol. The topological polar surface area (TPSA) is 63.4 Å². The van der Waals surface area contributed by atoms with Crippen LogP contribution in [0.2, 0.25) is 0 Å². The predicted octanol–water partition coefficient (Wildman–Crippen LogP) is 2.48. The Hall–Kier alpha value is -1.68. The molecule has 0 bridgehead atoms. The maximum atomic E-state index is 12.4. The van der Waals surface area contributed by atoms with Crippen LogP contribution in [0.15, 0.2) is 30.3 Å². The fourth-order valence-electron chi connectivity index (χ4n) is 3.28. The second-order valence-corrected chi connectivity index (χ2v) is 6.35. The second kappa shape index (κ2) is 7.54. The normalized spacial score (nSPS) is 23.9. The maximum absolute atomic E-state index is 12.4. The van der Waals surface area contributed by atoms with E-state index in [1.54, 1.807) is 0 Å². The van der Waals surface area contributed by atoms with Crippen LogP contribution in [-0.4, -0.2) is 35.7 Å². The van der Waals surface area contributed by atoms with Crippen molar-refractivity contribution in [1.82, 2.24) is 4.90 Å². The number of primary amides is 1. The third-order valence-electron chi connectivity index (χ3n) is 4.97. The van der Waals surface area contributed by atoms with Crippen LogP contribution in [0.5, 0.6) is 0 Å². The van der Waals surface area contributed by atoms with Gasteiger partial charge < -0.3 is 5.73 Å². The molecule has 120 valence electrons. The molecule has 0 radical (unpaired) electrons. The number of Topliss-reactive ketones (excluding diaryl/α,β-unsaturated/α-hetero) is 1. The van der Waals surface area contributed by atoms with Crippen LogP contribution in [-0.2, 0) is 4.79 Å². The number of piperidine rings is 1. The number of hydrogen-bond donors (Lipinski definition) is 1. The first-order chi connectivity index (χ1) is 10.5. The van der Waals surface area contributed by atoms with Gasteiger partial charge in [0.15, 0.2) is 5.78 Å². The van der Waals surface area contributed by atoms with Gasteiger partial charge in [-0.3, -0.25) is 14.5 Å². The number of amides is 1. The number of nitrogens with two attached hydrogens (primary N) is 1. The molecule has 2 unspecified atom stereocenters. The highest BCUT2D eigenvalue weighted by Crippen LogP contribution is 2.30. The summed E-state index contributed by atoms with van der Waals surface area (Å²) in [5.41, 5.74) is 6.27. The fourth-order valence-corrected chi connectivity index (χ4v) is 3.28. The highest BCUT2D eigenvalue weighted by atomic mass is 16.1.